The molecule has 13 heavy (non-hydrogen) atoms. The topological polar surface area (TPSA) is 126 Å². The van der Waals surface area contributed by atoms with Crippen molar-refractivity contribution < 1.29 is 18.9 Å². The molecule has 0 aliphatic heterocycles. The highest BCUT2D eigenvalue weighted by Crippen LogP contribution is 2.15. The molecule has 0 unspecified atom stereocenters. The number of amides is 1. The molecular formula is C5H5N4O4+. The molecule has 68 valence electrons. The second-order valence-corrected chi connectivity index (χ2v) is 2.07. The van der Waals surface area contributed by atoms with Gasteiger partial charge in [-0.05, 0) is 5.53 Å². The van der Waals surface area contributed by atoms with Crippen LogP contribution in [0.3, 0.4) is 0 Å². The van der Waals surface area contributed by atoms with Crippen LogP contribution in [-0.4, -0.2) is 15.6 Å². The second kappa shape index (κ2) is 3.01. The minimum atomic E-state index is -0.951. The fourth-order valence-electron chi connectivity index (χ4n) is 0.659. The molecule has 0 bridgehead atoms. The molecule has 0 aromatic carbocycles. The SMILES string of the molecule is N=[N+](N)C(=O)c1ccc([N+](=O)[O-])o1. The van der Waals surface area contributed by atoms with Crippen LogP contribution >= 0.6 is 0 Å². The van der Waals surface area contributed by atoms with Crippen LogP contribution in [0.1, 0.15) is 10.6 Å². The summed E-state index contributed by atoms with van der Waals surface area (Å²) in [7, 11) is 0. The number of hydrogen-bond donors (Lipinski definition) is 2. The molecule has 1 aromatic rings. The van der Waals surface area contributed by atoms with Gasteiger partial charge in [0.1, 0.15) is 4.92 Å². The number of nitro groups is 1. The fraction of sp³-hybridized carbons (Fsp3) is 0. The number of carbonyl (C=O) groups is 1. The summed E-state index contributed by atoms with van der Waals surface area (Å²) in [6.07, 6.45) is 0. The van der Waals surface area contributed by atoms with Crippen LogP contribution in [-0.2, 0) is 0 Å². The van der Waals surface area contributed by atoms with E-state index in [1.165, 1.54) is 0 Å². The smallest absolute Gasteiger partial charge is 0.390 e. The van der Waals surface area contributed by atoms with Crippen LogP contribution < -0.4 is 5.84 Å². The molecule has 8 nitrogen and oxygen atoms in total. The van der Waals surface area contributed by atoms with Gasteiger partial charge in [-0.15, -0.1) is 0 Å². The zero-order valence-corrected chi connectivity index (χ0v) is 6.26. The molecule has 1 rings (SSSR count). The predicted molar refractivity (Wildman–Crippen MR) is 36.9 cm³/mol. The predicted octanol–water partition coefficient (Wildman–Crippen LogP) is 0.245. The van der Waals surface area contributed by atoms with E-state index in [-0.39, 0.29) is 10.6 Å². The Balaban J connectivity index is 2.99. The van der Waals surface area contributed by atoms with Crippen molar-refractivity contribution in [3.8, 4) is 0 Å². The van der Waals surface area contributed by atoms with E-state index in [2.05, 4.69) is 4.42 Å². The highest BCUT2D eigenvalue weighted by atomic mass is 16.6. The van der Waals surface area contributed by atoms with E-state index in [4.69, 9.17) is 11.4 Å². The standard InChI is InChI=1S/C5H5N4O4/c6-8(7)5(10)3-1-2-4(13-3)9(11)12/h1-2H,(H3,6,7)/q+1. The van der Waals surface area contributed by atoms with E-state index in [9.17, 15) is 14.9 Å². The van der Waals surface area contributed by atoms with E-state index in [1.54, 1.807) is 0 Å². The molecule has 0 radical (unpaired) electrons. The first-order valence-corrected chi connectivity index (χ1v) is 3.07. The van der Waals surface area contributed by atoms with Gasteiger partial charge in [0.2, 0.25) is 0 Å². The first-order chi connectivity index (χ1) is 6.02. The lowest BCUT2D eigenvalue weighted by Gasteiger charge is -1.83. The maximum absolute atomic E-state index is 10.9. The number of nitrogens with one attached hydrogen (secondary N) is 1. The quantitative estimate of drug-likeness (QED) is 0.170. The highest BCUT2D eigenvalue weighted by molar-refractivity contribution is 5.84. The van der Waals surface area contributed by atoms with E-state index in [0.29, 0.717) is 0 Å². The summed E-state index contributed by atoms with van der Waals surface area (Å²) >= 11 is 0. The summed E-state index contributed by atoms with van der Waals surface area (Å²) in [5.41, 5.74) is 6.67. The Bertz CT molecular complexity index is 382. The van der Waals surface area contributed by atoms with Crippen molar-refractivity contribution >= 4 is 11.8 Å². The van der Waals surface area contributed by atoms with Crippen molar-refractivity contribution in [3.05, 3.63) is 28.0 Å². The number of carbonyl (C=O) groups excluding carboxylic acids is 1. The van der Waals surface area contributed by atoms with Crippen molar-refractivity contribution in [1.29, 1.82) is 5.53 Å². The highest BCUT2D eigenvalue weighted by Gasteiger charge is 2.25. The first-order valence-electron chi connectivity index (χ1n) is 3.07. The molecule has 0 spiro atoms. The Morgan fingerprint density at radius 3 is 2.62 bits per heavy atom. The summed E-state index contributed by atoms with van der Waals surface area (Å²) in [6, 6.07) is 2.09. The van der Waals surface area contributed by atoms with E-state index >= 15 is 0 Å². The van der Waals surface area contributed by atoms with Gasteiger partial charge in [0.15, 0.2) is 0 Å². The third kappa shape index (κ3) is 1.67. The summed E-state index contributed by atoms with van der Waals surface area (Å²) in [5.74, 6) is 2.92. The van der Waals surface area contributed by atoms with Gasteiger partial charge in [0, 0.05) is 6.07 Å². The molecule has 8 heteroatoms. The van der Waals surface area contributed by atoms with Crippen molar-refractivity contribution in [2.24, 2.45) is 5.84 Å². The van der Waals surface area contributed by atoms with Gasteiger partial charge in [-0.25, -0.2) is 4.79 Å². The third-order valence-corrected chi connectivity index (χ3v) is 1.20. The number of hydrazine groups is 1. The maximum atomic E-state index is 10.9. The fourth-order valence-corrected chi connectivity index (χ4v) is 0.659. The van der Waals surface area contributed by atoms with Crippen LogP contribution in [0.2, 0.25) is 0 Å². The molecule has 0 fully saturated rings. The maximum Gasteiger partial charge on any atom is 0.507 e. The monoisotopic (exact) mass is 185 g/mol. The molecule has 1 aromatic heterocycles. The summed E-state index contributed by atoms with van der Waals surface area (Å²) in [4.78, 5) is 20.2. The average molecular weight is 185 g/mol. The van der Waals surface area contributed by atoms with Gasteiger partial charge in [0.25, 0.3) is 5.76 Å². The minimum Gasteiger partial charge on any atom is -0.390 e. The molecule has 0 saturated carbocycles. The lowest BCUT2D eigenvalue weighted by Crippen LogP contribution is -2.23. The minimum absolute atomic E-state index is 0.0303. The Kier molecular flexibility index (Phi) is 2.05. The van der Waals surface area contributed by atoms with Crippen molar-refractivity contribution in [2.45, 2.75) is 0 Å². The normalized spacial score (nSPS) is 9.54. The van der Waals surface area contributed by atoms with Crippen LogP contribution in [0.4, 0.5) is 5.88 Å². The van der Waals surface area contributed by atoms with Gasteiger partial charge in [-0.2, -0.15) is 5.84 Å². The van der Waals surface area contributed by atoms with Gasteiger partial charge in [0.05, 0.1) is 10.9 Å². The zero-order chi connectivity index (χ0) is 10.0. The molecule has 1 heterocycles. The van der Waals surface area contributed by atoms with Gasteiger partial charge < -0.3 is 4.42 Å². The average Bonchev–Trinajstić information content (AvgIpc) is 2.50. The van der Waals surface area contributed by atoms with Gasteiger partial charge in [-0.3, -0.25) is 10.1 Å². The number of rotatable bonds is 2. The van der Waals surface area contributed by atoms with Crippen molar-refractivity contribution in [1.82, 2.24) is 0 Å². The van der Waals surface area contributed by atoms with Crippen LogP contribution in [0, 0.1) is 15.6 Å². The molecule has 1 amide bonds. The third-order valence-electron chi connectivity index (χ3n) is 1.20. The van der Waals surface area contributed by atoms with Gasteiger partial charge in [-0.1, -0.05) is 0 Å². The van der Waals surface area contributed by atoms with Gasteiger partial charge >= 0.3 is 11.8 Å². The molecular weight excluding hydrogens is 180 g/mol. The number of nitrogens with two attached hydrogens (primary N) is 1. The van der Waals surface area contributed by atoms with E-state index in [0.717, 1.165) is 12.1 Å². The number of furan rings is 1. The first kappa shape index (κ1) is 8.84. The Morgan fingerprint density at radius 1 is 1.62 bits per heavy atom. The van der Waals surface area contributed by atoms with Crippen molar-refractivity contribution in [3.63, 3.8) is 0 Å². The van der Waals surface area contributed by atoms with Crippen LogP contribution in [0.5, 0.6) is 0 Å². The summed E-state index contributed by atoms with van der Waals surface area (Å²) in [6.45, 7) is 0. The molecule has 0 aliphatic rings. The molecule has 0 atom stereocenters. The summed E-state index contributed by atoms with van der Waals surface area (Å²) in [5, 5.41) is 10.1. The molecule has 0 saturated heterocycles. The largest absolute Gasteiger partial charge is 0.507 e. The zero-order valence-electron chi connectivity index (χ0n) is 6.26. The Labute approximate surface area is 71.2 Å². The van der Waals surface area contributed by atoms with Crippen LogP contribution in [0.25, 0.3) is 0 Å². The second-order valence-electron chi connectivity index (χ2n) is 2.07. The lowest BCUT2D eigenvalue weighted by atomic mass is 10.4. The lowest BCUT2D eigenvalue weighted by molar-refractivity contribution is -0.533. The van der Waals surface area contributed by atoms with Crippen LogP contribution in [0.15, 0.2) is 16.5 Å². The Morgan fingerprint density at radius 2 is 2.23 bits per heavy atom. The molecule has 3 N–H and O–H groups in total. The number of nitrogens with zero attached hydrogens (tertiary/aromatic N) is 2. The van der Waals surface area contributed by atoms with E-state index < -0.39 is 16.7 Å². The Hall–Kier alpha value is -2.25. The van der Waals surface area contributed by atoms with Crippen molar-refractivity contribution in [2.75, 3.05) is 0 Å². The number of hydrogen-bond acceptors (Lipinski definition) is 5. The molecule has 0 aliphatic carbocycles. The summed E-state index contributed by atoms with van der Waals surface area (Å²) < 4.78 is 4.48. The van der Waals surface area contributed by atoms with E-state index in [1.807, 2.05) is 0 Å².